The molecule has 0 aliphatic rings. The van der Waals surface area contributed by atoms with Crippen molar-refractivity contribution in [1.82, 2.24) is 0 Å². The number of carbonyl (C=O) groups is 1. The summed E-state index contributed by atoms with van der Waals surface area (Å²) in [4.78, 5) is 11.2. The second-order valence-corrected chi connectivity index (χ2v) is 3.70. The van der Waals surface area contributed by atoms with Crippen LogP contribution in [0.4, 0.5) is 0 Å². The summed E-state index contributed by atoms with van der Waals surface area (Å²) in [5.41, 5.74) is 5.29. The molecule has 0 saturated carbocycles. The minimum Gasteiger partial charge on any atom is -0.506 e. The van der Waals surface area contributed by atoms with Crippen LogP contribution in [0.2, 0.25) is 5.02 Å². The summed E-state index contributed by atoms with van der Waals surface area (Å²) in [6.45, 7) is -0.152. The van der Waals surface area contributed by atoms with Gasteiger partial charge in [-0.05, 0) is 28.1 Å². The molecule has 3 nitrogen and oxygen atoms in total. The fraction of sp³-hybridized carbons (Fsp3) is 0.125. The average molecular weight is 265 g/mol. The van der Waals surface area contributed by atoms with Gasteiger partial charge < -0.3 is 10.8 Å². The minimum absolute atomic E-state index is 0.125. The van der Waals surface area contributed by atoms with E-state index >= 15 is 0 Å². The summed E-state index contributed by atoms with van der Waals surface area (Å²) in [7, 11) is 0. The van der Waals surface area contributed by atoms with Gasteiger partial charge in [-0.1, -0.05) is 11.6 Å². The lowest BCUT2D eigenvalue weighted by atomic mass is 10.1. The summed E-state index contributed by atoms with van der Waals surface area (Å²) in [5.74, 6) is -0.472. The number of halogens is 2. The van der Waals surface area contributed by atoms with Gasteiger partial charge in [-0.15, -0.1) is 0 Å². The van der Waals surface area contributed by atoms with Crippen LogP contribution >= 0.6 is 27.5 Å². The lowest BCUT2D eigenvalue weighted by Gasteiger charge is -2.04. The molecule has 0 aliphatic carbocycles. The van der Waals surface area contributed by atoms with Crippen LogP contribution in [0.1, 0.15) is 10.4 Å². The van der Waals surface area contributed by atoms with E-state index in [-0.39, 0.29) is 23.6 Å². The number of phenols is 1. The molecule has 0 radical (unpaired) electrons. The monoisotopic (exact) mass is 263 g/mol. The molecule has 0 fully saturated rings. The normalized spacial score (nSPS) is 10.1. The largest absolute Gasteiger partial charge is 0.506 e. The van der Waals surface area contributed by atoms with Crippen molar-refractivity contribution >= 4 is 33.3 Å². The Morgan fingerprint density at radius 2 is 2.23 bits per heavy atom. The smallest absolute Gasteiger partial charge is 0.180 e. The van der Waals surface area contributed by atoms with E-state index in [1.54, 1.807) is 0 Å². The van der Waals surface area contributed by atoms with Crippen LogP contribution in [-0.4, -0.2) is 17.4 Å². The maximum atomic E-state index is 11.2. The molecular weight excluding hydrogens is 257 g/mol. The molecule has 1 aromatic carbocycles. The second kappa shape index (κ2) is 4.09. The van der Waals surface area contributed by atoms with E-state index in [9.17, 15) is 9.90 Å². The van der Waals surface area contributed by atoms with Crippen molar-refractivity contribution in [3.05, 3.63) is 27.2 Å². The Labute approximate surface area is 88.6 Å². The first-order chi connectivity index (χ1) is 6.06. The Morgan fingerprint density at radius 3 is 2.77 bits per heavy atom. The average Bonchev–Trinajstić information content (AvgIpc) is 2.10. The lowest BCUT2D eigenvalue weighted by Crippen LogP contribution is -2.13. The minimum atomic E-state index is -0.347. The Hall–Kier alpha value is -0.580. The van der Waals surface area contributed by atoms with E-state index in [1.807, 2.05) is 0 Å². The molecule has 0 unspecified atom stereocenters. The number of aromatic hydroxyl groups is 1. The maximum absolute atomic E-state index is 11.2. The van der Waals surface area contributed by atoms with E-state index in [1.165, 1.54) is 12.1 Å². The third-order valence-electron chi connectivity index (χ3n) is 1.51. The van der Waals surface area contributed by atoms with Crippen LogP contribution in [0.3, 0.4) is 0 Å². The van der Waals surface area contributed by atoms with Crippen LogP contribution in [0.15, 0.2) is 16.6 Å². The fourth-order valence-corrected chi connectivity index (χ4v) is 1.70. The van der Waals surface area contributed by atoms with Gasteiger partial charge in [0.25, 0.3) is 0 Å². The number of nitrogens with two attached hydrogens (primary N) is 1. The molecule has 3 N–H and O–H groups in total. The topological polar surface area (TPSA) is 63.3 Å². The number of ketones is 1. The Balaban J connectivity index is 3.28. The number of Topliss-reactive ketones (excluding diaryl/α,β-unsaturated/α-hetero) is 1. The van der Waals surface area contributed by atoms with E-state index in [0.717, 1.165) is 0 Å². The van der Waals surface area contributed by atoms with E-state index < -0.39 is 0 Å². The number of phenolic OH excluding ortho intramolecular Hbond substituents is 1. The molecule has 0 aromatic heterocycles. The SMILES string of the molecule is NCC(=O)c1cc(Cl)cc(Br)c1O. The van der Waals surface area contributed by atoms with Crippen LogP contribution in [-0.2, 0) is 0 Å². The molecule has 0 bridgehead atoms. The molecule has 1 rings (SSSR count). The van der Waals surface area contributed by atoms with Gasteiger partial charge >= 0.3 is 0 Å². The van der Waals surface area contributed by atoms with Gasteiger partial charge in [-0.3, -0.25) is 4.79 Å². The maximum Gasteiger partial charge on any atom is 0.180 e. The fourth-order valence-electron chi connectivity index (χ4n) is 0.888. The molecule has 5 heteroatoms. The zero-order valence-corrected chi connectivity index (χ0v) is 8.89. The molecule has 0 amide bonds. The highest BCUT2D eigenvalue weighted by molar-refractivity contribution is 9.10. The molecule has 1 aromatic rings. The summed E-state index contributed by atoms with van der Waals surface area (Å²) < 4.78 is 0.386. The zero-order chi connectivity index (χ0) is 10.0. The van der Waals surface area contributed by atoms with Crippen molar-refractivity contribution in [3.8, 4) is 5.75 Å². The van der Waals surface area contributed by atoms with Gasteiger partial charge in [-0.2, -0.15) is 0 Å². The number of hydrogen-bond acceptors (Lipinski definition) is 3. The van der Waals surface area contributed by atoms with Crippen molar-refractivity contribution in [2.24, 2.45) is 5.73 Å². The first-order valence-electron chi connectivity index (χ1n) is 3.47. The molecule has 0 spiro atoms. The summed E-state index contributed by atoms with van der Waals surface area (Å²) in [6, 6.07) is 2.89. The van der Waals surface area contributed by atoms with E-state index in [0.29, 0.717) is 9.50 Å². The number of rotatable bonds is 2. The van der Waals surface area contributed by atoms with Crippen molar-refractivity contribution in [1.29, 1.82) is 0 Å². The predicted octanol–water partition coefficient (Wildman–Crippen LogP) is 1.95. The summed E-state index contributed by atoms with van der Waals surface area (Å²) in [6.07, 6.45) is 0. The van der Waals surface area contributed by atoms with E-state index in [4.69, 9.17) is 17.3 Å². The van der Waals surface area contributed by atoms with Crippen molar-refractivity contribution in [2.45, 2.75) is 0 Å². The van der Waals surface area contributed by atoms with Gasteiger partial charge in [-0.25, -0.2) is 0 Å². The zero-order valence-electron chi connectivity index (χ0n) is 6.55. The Bertz CT molecular complexity index is 354. The van der Waals surface area contributed by atoms with Gasteiger partial charge in [0.05, 0.1) is 16.6 Å². The summed E-state index contributed by atoms with van der Waals surface area (Å²) >= 11 is 8.76. The van der Waals surface area contributed by atoms with Crippen LogP contribution < -0.4 is 5.73 Å². The molecule has 0 aliphatic heterocycles. The van der Waals surface area contributed by atoms with Crippen LogP contribution in [0, 0.1) is 0 Å². The molecular formula is C8H7BrClNO2. The molecule has 0 heterocycles. The van der Waals surface area contributed by atoms with Crippen molar-refractivity contribution in [3.63, 3.8) is 0 Å². The second-order valence-electron chi connectivity index (χ2n) is 2.41. The highest BCUT2D eigenvalue weighted by Crippen LogP contribution is 2.31. The lowest BCUT2D eigenvalue weighted by molar-refractivity contribution is 0.0998. The Morgan fingerprint density at radius 1 is 1.62 bits per heavy atom. The van der Waals surface area contributed by atoms with E-state index in [2.05, 4.69) is 15.9 Å². The quantitative estimate of drug-likeness (QED) is 0.803. The van der Waals surface area contributed by atoms with Gasteiger partial charge in [0, 0.05) is 5.02 Å². The van der Waals surface area contributed by atoms with Gasteiger partial charge in [0.2, 0.25) is 0 Å². The van der Waals surface area contributed by atoms with Gasteiger partial charge in [0.15, 0.2) is 5.78 Å². The number of benzene rings is 1. The van der Waals surface area contributed by atoms with Crippen LogP contribution in [0.25, 0.3) is 0 Å². The standard InChI is InChI=1S/C8H7BrClNO2/c9-6-2-4(10)1-5(8(6)13)7(12)3-11/h1-2,13H,3,11H2. The van der Waals surface area contributed by atoms with Gasteiger partial charge in [0.1, 0.15) is 5.75 Å². The highest BCUT2D eigenvalue weighted by Gasteiger charge is 2.13. The highest BCUT2D eigenvalue weighted by atomic mass is 79.9. The first-order valence-corrected chi connectivity index (χ1v) is 4.64. The number of hydrogen-bond donors (Lipinski definition) is 2. The molecule has 0 atom stereocenters. The Kier molecular flexibility index (Phi) is 3.30. The number of carbonyl (C=O) groups excluding carboxylic acids is 1. The van der Waals surface area contributed by atoms with Crippen molar-refractivity contribution < 1.29 is 9.90 Å². The predicted molar refractivity (Wildman–Crippen MR) is 54.2 cm³/mol. The third-order valence-corrected chi connectivity index (χ3v) is 2.34. The molecule has 70 valence electrons. The van der Waals surface area contributed by atoms with Crippen LogP contribution in [0.5, 0.6) is 5.75 Å². The first kappa shape index (κ1) is 10.5. The molecule has 13 heavy (non-hydrogen) atoms. The molecule has 0 saturated heterocycles. The van der Waals surface area contributed by atoms with Crippen molar-refractivity contribution in [2.75, 3.05) is 6.54 Å². The summed E-state index contributed by atoms with van der Waals surface area (Å²) in [5, 5.41) is 9.82. The third kappa shape index (κ3) is 2.21.